The van der Waals surface area contributed by atoms with Crippen molar-refractivity contribution in [3.8, 4) is 5.75 Å². The van der Waals surface area contributed by atoms with Crippen LogP contribution >= 0.6 is 0 Å². The highest BCUT2D eigenvalue weighted by Crippen LogP contribution is 2.53. The van der Waals surface area contributed by atoms with Crippen LogP contribution in [0.3, 0.4) is 0 Å². The van der Waals surface area contributed by atoms with Crippen molar-refractivity contribution in [1.29, 1.82) is 0 Å². The zero-order valence-electron chi connectivity index (χ0n) is 26.1. The highest BCUT2D eigenvalue weighted by atomic mass is 16.4. The number of hydrogen-bond donors (Lipinski definition) is 2. The number of carbonyl (C=O) groups is 1. The fourth-order valence-corrected chi connectivity index (χ4v) is 9.58. The van der Waals surface area contributed by atoms with Gasteiger partial charge in [-0.1, -0.05) is 105 Å². The third-order valence-electron chi connectivity index (χ3n) is 12.0. The Labute approximate surface area is 259 Å². The summed E-state index contributed by atoms with van der Waals surface area (Å²) < 4.78 is 0. The van der Waals surface area contributed by atoms with E-state index in [0.717, 1.165) is 57.3 Å². The molecule has 1 spiro atoms. The number of rotatable bonds is 9. The largest absolute Gasteiger partial charge is 0.508 e. The van der Waals surface area contributed by atoms with Crippen LogP contribution in [0, 0.1) is 17.8 Å². The number of carboxylic acid groups (broad SMARTS) is 1. The molecule has 7 rings (SSSR count). The third-order valence-corrected chi connectivity index (χ3v) is 12.0. The number of hydrogen-bond acceptors (Lipinski definition) is 2. The van der Waals surface area contributed by atoms with Gasteiger partial charge in [-0.2, -0.15) is 0 Å². The van der Waals surface area contributed by atoms with E-state index in [4.69, 9.17) is 0 Å². The summed E-state index contributed by atoms with van der Waals surface area (Å²) in [4.78, 5) is 12.9. The number of unbranched alkanes of at least 4 members (excludes halogenated alkanes) is 3. The van der Waals surface area contributed by atoms with Gasteiger partial charge in [-0.3, -0.25) is 4.79 Å². The van der Waals surface area contributed by atoms with Crippen molar-refractivity contribution < 1.29 is 15.0 Å². The predicted molar refractivity (Wildman–Crippen MR) is 175 cm³/mol. The molecule has 0 heterocycles. The molecule has 2 aromatic rings. The van der Waals surface area contributed by atoms with E-state index in [1.165, 1.54) is 80.1 Å². The lowest BCUT2D eigenvalue weighted by molar-refractivity contribution is -0.145. The monoisotopic (exact) mass is 580 g/mol. The molecule has 0 aromatic heterocycles. The Morgan fingerprint density at radius 3 is 2.40 bits per heavy atom. The minimum absolute atomic E-state index is 0.0173. The first-order chi connectivity index (χ1) is 21.0. The normalized spacial score (nSPS) is 28.3. The second-order valence-corrected chi connectivity index (χ2v) is 14.4. The van der Waals surface area contributed by atoms with Crippen LogP contribution in [0.2, 0.25) is 0 Å². The first-order valence-electron chi connectivity index (χ1n) is 17.4. The maximum absolute atomic E-state index is 12.9. The average molecular weight is 581 g/mol. The third kappa shape index (κ3) is 6.52. The molecule has 3 heteroatoms. The van der Waals surface area contributed by atoms with Crippen LogP contribution in [0.25, 0.3) is 0 Å². The van der Waals surface area contributed by atoms with E-state index in [2.05, 4.69) is 54.6 Å². The summed E-state index contributed by atoms with van der Waals surface area (Å²) in [5, 5.41) is 20.8. The van der Waals surface area contributed by atoms with Crippen molar-refractivity contribution in [2.45, 2.75) is 126 Å². The van der Waals surface area contributed by atoms with E-state index in [0.29, 0.717) is 18.1 Å². The molecule has 0 radical (unpaired) electrons. The minimum Gasteiger partial charge on any atom is -0.508 e. The predicted octanol–water partition coefficient (Wildman–Crippen LogP) is 10.2. The van der Waals surface area contributed by atoms with Crippen LogP contribution < -0.4 is 0 Å². The van der Waals surface area contributed by atoms with Crippen LogP contribution in [0.5, 0.6) is 5.75 Å². The Kier molecular flexibility index (Phi) is 9.45. The average Bonchev–Trinajstić information content (AvgIpc) is 3.54. The van der Waals surface area contributed by atoms with Crippen molar-refractivity contribution in [1.82, 2.24) is 0 Å². The molecule has 5 aliphatic rings. The number of aliphatic carboxylic acids is 1. The Morgan fingerprint density at radius 1 is 0.860 bits per heavy atom. The second-order valence-electron chi connectivity index (χ2n) is 14.4. The van der Waals surface area contributed by atoms with E-state index in [1.54, 1.807) is 0 Å². The first-order valence-corrected chi connectivity index (χ1v) is 17.4. The molecule has 0 unspecified atom stereocenters. The molecule has 5 aliphatic carbocycles. The molecule has 4 atom stereocenters. The van der Waals surface area contributed by atoms with Gasteiger partial charge in [0.05, 0.1) is 5.92 Å². The zero-order chi connectivity index (χ0) is 29.7. The lowest BCUT2D eigenvalue weighted by Gasteiger charge is -2.48. The Bertz CT molecular complexity index is 1300. The van der Waals surface area contributed by atoms with Gasteiger partial charge in [-0.05, 0) is 111 Å². The molecule has 0 saturated heterocycles. The summed E-state index contributed by atoms with van der Waals surface area (Å²) in [6.45, 7) is 0. The quantitative estimate of drug-likeness (QED) is 0.229. The van der Waals surface area contributed by atoms with E-state index >= 15 is 0 Å². The number of carboxylic acids is 1. The number of fused-ring (bicyclic) bond motifs is 4. The topological polar surface area (TPSA) is 57.5 Å². The van der Waals surface area contributed by atoms with Crippen LogP contribution in [-0.4, -0.2) is 16.2 Å². The Morgan fingerprint density at radius 2 is 1.65 bits per heavy atom. The van der Waals surface area contributed by atoms with Crippen molar-refractivity contribution in [2.24, 2.45) is 17.8 Å². The minimum atomic E-state index is -0.625. The van der Waals surface area contributed by atoms with E-state index in [-0.39, 0.29) is 16.7 Å². The van der Waals surface area contributed by atoms with Gasteiger partial charge in [-0.15, -0.1) is 0 Å². The Hall–Kier alpha value is -2.81. The fraction of sp³-hybridized carbons (Fsp3) is 0.575. The van der Waals surface area contributed by atoms with Crippen molar-refractivity contribution in [3.63, 3.8) is 0 Å². The molecule has 2 N–H and O–H groups in total. The molecule has 230 valence electrons. The van der Waals surface area contributed by atoms with Crippen LogP contribution in [0.4, 0.5) is 0 Å². The van der Waals surface area contributed by atoms with Crippen molar-refractivity contribution in [2.75, 3.05) is 0 Å². The zero-order valence-corrected chi connectivity index (χ0v) is 26.1. The van der Waals surface area contributed by atoms with Gasteiger partial charge in [0.1, 0.15) is 5.75 Å². The summed E-state index contributed by atoms with van der Waals surface area (Å²) in [6, 6.07) is 17.3. The maximum atomic E-state index is 12.9. The second kappa shape index (κ2) is 13.4. The number of allylic oxidation sites excluding steroid dienone is 4. The van der Waals surface area contributed by atoms with Crippen molar-refractivity contribution in [3.05, 3.63) is 89.0 Å². The standard InChI is InChI=1S/C40H52O3/c41-36-20-18-33(19-21-36)40-26-23-31(27-35(40)15-5-2-1-4-11-30-12-6-7-13-30)17-22-37(38(42)43)39(24-8-3-9-25-39)34-16-10-14-32(28-34)29-40/h6,10,12,14,16-21,28,30,35,37,41H,1-5,7-9,11,13,15,22-27,29H2,(H,42,43)/t30-,35+,37-,40-/m0/s1. The molecule has 2 fully saturated rings. The van der Waals surface area contributed by atoms with Crippen molar-refractivity contribution >= 4 is 5.97 Å². The van der Waals surface area contributed by atoms with E-state index in [9.17, 15) is 15.0 Å². The van der Waals surface area contributed by atoms with Gasteiger partial charge in [0.2, 0.25) is 0 Å². The molecule has 4 bridgehead atoms. The molecule has 3 nitrogen and oxygen atoms in total. The van der Waals surface area contributed by atoms with Gasteiger partial charge in [-0.25, -0.2) is 0 Å². The summed E-state index contributed by atoms with van der Waals surface area (Å²) in [5.74, 6) is 0.654. The SMILES string of the molecule is O=C(O)[C@@H]1CC=C2CC[C@@](c3ccc(O)cc3)(Cc3cccc(c3)C13CCCCC3)[C@H](CCCCCC[C@H]1C=CCC1)C2. The van der Waals surface area contributed by atoms with Gasteiger partial charge < -0.3 is 10.2 Å². The Balaban J connectivity index is 1.32. The number of phenolic OH excluding ortho intramolecular Hbond substituents is 1. The summed E-state index contributed by atoms with van der Waals surface area (Å²) >= 11 is 0. The molecule has 0 amide bonds. The molecule has 2 aromatic carbocycles. The van der Waals surface area contributed by atoms with Crippen LogP contribution in [0.1, 0.15) is 126 Å². The molecule has 43 heavy (non-hydrogen) atoms. The lowest BCUT2D eigenvalue weighted by Crippen LogP contribution is -2.43. The highest BCUT2D eigenvalue weighted by molar-refractivity contribution is 5.73. The number of benzene rings is 2. The lowest BCUT2D eigenvalue weighted by atomic mass is 9.56. The summed E-state index contributed by atoms with van der Waals surface area (Å²) in [6.07, 6.45) is 27.6. The molecular formula is C40H52O3. The van der Waals surface area contributed by atoms with Gasteiger partial charge >= 0.3 is 5.97 Å². The first kappa shape index (κ1) is 30.2. The van der Waals surface area contributed by atoms with Gasteiger partial charge in [0.15, 0.2) is 0 Å². The highest BCUT2D eigenvalue weighted by Gasteiger charge is 2.47. The summed E-state index contributed by atoms with van der Waals surface area (Å²) in [5.41, 5.74) is 5.18. The molecular weight excluding hydrogens is 528 g/mol. The summed E-state index contributed by atoms with van der Waals surface area (Å²) in [7, 11) is 0. The smallest absolute Gasteiger partial charge is 0.307 e. The fourth-order valence-electron chi connectivity index (χ4n) is 9.58. The molecule has 2 saturated carbocycles. The number of aromatic hydroxyl groups is 1. The maximum Gasteiger partial charge on any atom is 0.307 e. The molecule has 0 aliphatic heterocycles. The van der Waals surface area contributed by atoms with Crippen LogP contribution in [-0.2, 0) is 22.0 Å². The van der Waals surface area contributed by atoms with Gasteiger partial charge in [0.25, 0.3) is 0 Å². The van der Waals surface area contributed by atoms with Crippen LogP contribution in [0.15, 0.2) is 72.3 Å². The van der Waals surface area contributed by atoms with Gasteiger partial charge in [0, 0.05) is 10.8 Å². The van der Waals surface area contributed by atoms with E-state index < -0.39 is 5.97 Å². The number of phenols is 1. The van der Waals surface area contributed by atoms with E-state index in [1.807, 2.05) is 12.1 Å².